The quantitative estimate of drug-likeness (QED) is 0.352. The average molecular weight is 361 g/mol. The molecule has 0 atom stereocenters. The molecule has 1 aliphatic heterocycles. The van der Waals surface area contributed by atoms with Crippen molar-refractivity contribution in [3.63, 3.8) is 0 Å². The van der Waals surface area contributed by atoms with E-state index in [1.165, 1.54) is 0 Å². The van der Waals surface area contributed by atoms with Crippen molar-refractivity contribution in [2.24, 2.45) is 10.7 Å². The van der Waals surface area contributed by atoms with Crippen LogP contribution in [0.4, 0.5) is 0 Å². The molecule has 6 N–H and O–H groups in total. The number of nitrogens with one attached hydrogen (secondary N) is 3. The van der Waals surface area contributed by atoms with Crippen molar-refractivity contribution in [1.82, 2.24) is 10.3 Å². The molecular formula is C20H19N5O2. The van der Waals surface area contributed by atoms with Crippen LogP contribution in [0.15, 0.2) is 47.5 Å². The zero-order valence-corrected chi connectivity index (χ0v) is 14.5. The number of rotatable bonds is 5. The molecular weight excluding hydrogens is 342 g/mol. The molecule has 7 nitrogen and oxygen atoms in total. The zero-order chi connectivity index (χ0) is 19.0. The first-order valence-corrected chi connectivity index (χ1v) is 8.63. The van der Waals surface area contributed by atoms with Gasteiger partial charge < -0.3 is 21.1 Å². The predicted octanol–water partition coefficient (Wildman–Crippen LogP) is 2.10. The second kappa shape index (κ2) is 6.60. The summed E-state index contributed by atoms with van der Waals surface area (Å²) in [4.78, 5) is 19.1. The highest BCUT2D eigenvalue weighted by Gasteiger charge is 2.17. The van der Waals surface area contributed by atoms with Crippen molar-refractivity contribution in [3.05, 3.63) is 59.2 Å². The monoisotopic (exact) mass is 361 g/mol. The Morgan fingerprint density at radius 1 is 1.19 bits per heavy atom. The van der Waals surface area contributed by atoms with Crippen LogP contribution in [0.5, 0.6) is 0 Å². The van der Waals surface area contributed by atoms with Gasteiger partial charge in [-0.05, 0) is 17.2 Å². The lowest BCUT2D eigenvalue weighted by Gasteiger charge is -2.06. The molecule has 0 aliphatic carbocycles. The molecule has 0 spiro atoms. The van der Waals surface area contributed by atoms with Crippen LogP contribution < -0.4 is 11.1 Å². The van der Waals surface area contributed by atoms with Crippen LogP contribution in [0.25, 0.3) is 22.2 Å². The topological polar surface area (TPSA) is 127 Å². The number of carboxylic acids is 1. The third kappa shape index (κ3) is 3.15. The van der Waals surface area contributed by atoms with E-state index in [1.54, 1.807) is 12.1 Å². The van der Waals surface area contributed by atoms with Crippen LogP contribution in [-0.4, -0.2) is 40.8 Å². The average Bonchev–Trinajstić information content (AvgIpc) is 3.30. The van der Waals surface area contributed by atoms with Gasteiger partial charge in [0.15, 0.2) is 0 Å². The summed E-state index contributed by atoms with van der Waals surface area (Å²) in [5.74, 6) is -0.0361. The van der Waals surface area contributed by atoms with E-state index in [2.05, 4.69) is 15.3 Å². The summed E-state index contributed by atoms with van der Waals surface area (Å²) in [5.41, 5.74) is 10.3. The number of carboxylic acid groups (broad SMARTS) is 1. The second-order valence-corrected chi connectivity index (χ2v) is 6.46. The standard InChI is InChI=1S/C20H19N5O2/c21-19(22)13-5-6-14-15(10-17(26)27)18(25-16(14)9-13)11-1-3-12(4-2-11)20-23-7-8-24-20/h1-6,9,25H,7-8,10H2,(H3,21,22)(H,23,24)(H,26,27). The first-order chi connectivity index (χ1) is 13.0. The number of fused-ring (bicyclic) bond motifs is 1. The number of nitrogens with zero attached hydrogens (tertiary/aromatic N) is 1. The fraction of sp³-hybridized carbons (Fsp3) is 0.150. The molecule has 2 aromatic carbocycles. The van der Waals surface area contributed by atoms with Gasteiger partial charge in [-0.1, -0.05) is 36.4 Å². The van der Waals surface area contributed by atoms with Crippen molar-refractivity contribution >= 4 is 28.5 Å². The van der Waals surface area contributed by atoms with Gasteiger partial charge in [-0.2, -0.15) is 0 Å². The molecule has 27 heavy (non-hydrogen) atoms. The highest BCUT2D eigenvalue weighted by molar-refractivity contribution is 6.02. The Morgan fingerprint density at radius 2 is 1.93 bits per heavy atom. The molecule has 0 saturated carbocycles. The van der Waals surface area contributed by atoms with Crippen molar-refractivity contribution in [3.8, 4) is 11.3 Å². The van der Waals surface area contributed by atoms with E-state index in [-0.39, 0.29) is 12.3 Å². The van der Waals surface area contributed by atoms with Gasteiger partial charge in [0, 0.05) is 28.6 Å². The number of aliphatic carboxylic acids is 1. The van der Waals surface area contributed by atoms with Crippen LogP contribution in [0, 0.1) is 5.41 Å². The number of carbonyl (C=O) groups is 1. The lowest BCUT2D eigenvalue weighted by atomic mass is 10.0. The molecule has 0 fully saturated rings. The summed E-state index contributed by atoms with van der Waals surface area (Å²) in [5, 5.41) is 21.0. The second-order valence-electron chi connectivity index (χ2n) is 6.46. The number of hydrogen-bond acceptors (Lipinski definition) is 4. The highest BCUT2D eigenvalue weighted by atomic mass is 16.4. The lowest BCUT2D eigenvalue weighted by molar-refractivity contribution is -0.136. The maximum absolute atomic E-state index is 11.4. The Hall–Kier alpha value is -3.61. The number of hydrogen-bond donors (Lipinski definition) is 5. The lowest BCUT2D eigenvalue weighted by Crippen LogP contribution is -2.19. The van der Waals surface area contributed by atoms with E-state index in [0.717, 1.165) is 52.2 Å². The minimum Gasteiger partial charge on any atom is -0.481 e. The molecule has 0 saturated heterocycles. The molecule has 7 heteroatoms. The largest absolute Gasteiger partial charge is 0.481 e. The first kappa shape index (κ1) is 16.8. The molecule has 0 unspecified atom stereocenters. The van der Waals surface area contributed by atoms with Gasteiger partial charge in [0.05, 0.1) is 18.7 Å². The van der Waals surface area contributed by atoms with E-state index < -0.39 is 5.97 Å². The van der Waals surface area contributed by atoms with Gasteiger partial charge in [0.1, 0.15) is 11.7 Å². The number of aromatic amines is 1. The Labute approximate surface area is 155 Å². The summed E-state index contributed by atoms with van der Waals surface area (Å²) in [7, 11) is 0. The minimum absolute atomic E-state index is 0.0259. The minimum atomic E-state index is -0.895. The first-order valence-electron chi connectivity index (χ1n) is 8.63. The van der Waals surface area contributed by atoms with Crippen LogP contribution in [-0.2, 0) is 11.2 Å². The molecule has 0 bridgehead atoms. The zero-order valence-electron chi connectivity index (χ0n) is 14.5. The van der Waals surface area contributed by atoms with Gasteiger partial charge in [0.2, 0.25) is 0 Å². The van der Waals surface area contributed by atoms with Gasteiger partial charge in [-0.25, -0.2) is 0 Å². The number of nitrogens with two attached hydrogens (primary N) is 1. The third-order valence-electron chi connectivity index (χ3n) is 4.67. The molecule has 2 heterocycles. The van der Waals surface area contributed by atoms with Gasteiger partial charge >= 0.3 is 5.97 Å². The van der Waals surface area contributed by atoms with Crippen molar-refractivity contribution in [1.29, 1.82) is 5.41 Å². The van der Waals surface area contributed by atoms with Crippen LogP contribution >= 0.6 is 0 Å². The summed E-state index contributed by atoms with van der Waals surface area (Å²) in [6.45, 7) is 1.63. The molecule has 1 aliphatic rings. The van der Waals surface area contributed by atoms with E-state index >= 15 is 0 Å². The summed E-state index contributed by atoms with van der Waals surface area (Å²) < 4.78 is 0. The molecule has 0 amide bonds. The number of nitrogen functional groups attached to an aromatic ring is 1. The van der Waals surface area contributed by atoms with E-state index in [1.807, 2.05) is 30.3 Å². The Bertz CT molecular complexity index is 1080. The number of benzene rings is 2. The summed E-state index contributed by atoms with van der Waals surface area (Å²) in [6, 6.07) is 13.2. The number of amidine groups is 2. The van der Waals surface area contributed by atoms with Gasteiger partial charge in [-0.3, -0.25) is 15.2 Å². The number of aromatic nitrogens is 1. The molecule has 0 radical (unpaired) electrons. The van der Waals surface area contributed by atoms with Gasteiger partial charge in [0.25, 0.3) is 0 Å². The molecule has 136 valence electrons. The van der Waals surface area contributed by atoms with Crippen LogP contribution in [0.2, 0.25) is 0 Å². The smallest absolute Gasteiger partial charge is 0.307 e. The maximum Gasteiger partial charge on any atom is 0.307 e. The van der Waals surface area contributed by atoms with E-state index in [9.17, 15) is 9.90 Å². The third-order valence-corrected chi connectivity index (χ3v) is 4.67. The highest BCUT2D eigenvalue weighted by Crippen LogP contribution is 2.31. The fourth-order valence-corrected chi connectivity index (χ4v) is 3.39. The fourth-order valence-electron chi connectivity index (χ4n) is 3.39. The normalized spacial score (nSPS) is 13.4. The van der Waals surface area contributed by atoms with Crippen molar-refractivity contribution in [2.45, 2.75) is 6.42 Å². The van der Waals surface area contributed by atoms with Gasteiger partial charge in [-0.15, -0.1) is 0 Å². The Balaban J connectivity index is 1.81. The number of H-pyrrole nitrogens is 1. The Kier molecular flexibility index (Phi) is 4.12. The van der Waals surface area contributed by atoms with Crippen molar-refractivity contribution in [2.75, 3.05) is 13.1 Å². The van der Waals surface area contributed by atoms with Crippen LogP contribution in [0.1, 0.15) is 16.7 Å². The molecule has 1 aromatic heterocycles. The molecule has 3 aromatic rings. The van der Waals surface area contributed by atoms with E-state index in [4.69, 9.17) is 11.1 Å². The Morgan fingerprint density at radius 3 is 2.56 bits per heavy atom. The predicted molar refractivity (Wildman–Crippen MR) is 105 cm³/mol. The van der Waals surface area contributed by atoms with Crippen molar-refractivity contribution < 1.29 is 9.90 Å². The maximum atomic E-state index is 11.4. The van der Waals surface area contributed by atoms with Crippen LogP contribution in [0.3, 0.4) is 0 Å². The molecule has 4 rings (SSSR count). The number of aliphatic imine (C=N–C) groups is 1. The summed E-state index contributed by atoms with van der Waals surface area (Å²) >= 11 is 0. The summed E-state index contributed by atoms with van der Waals surface area (Å²) in [6.07, 6.45) is -0.0925. The SMILES string of the molecule is N=C(N)c1ccc2c(CC(=O)O)c(-c3ccc(C4=NCCN4)cc3)[nH]c2c1. The van der Waals surface area contributed by atoms with E-state index in [0.29, 0.717) is 5.56 Å².